The SMILES string of the molecule is O=C(COc1ccccc1)N1CCNCC1c1nc(-c2ccc(S(=O)(=O)N3CCOCC3)cc2)no1. The fourth-order valence-corrected chi connectivity index (χ4v) is 5.58. The Labute approximate surface area is 209 Å². The number of nitrogens with zero attached hydrogens (tertiary/aromatic N) is 4. The second-order valence-corrected chi connectivity index (χ2v) is 10.3. The van der Waals surface area contributed by atoms with Gasteiger partial charge in [-0.1, -0.05) is 23.4 Å². The maximum atomic E-state index is 12.9. The molecule has 0 spiro atoms. The first-order valence-corrected chi connectivity index (χ1v) is 13.2. The molecule has 2 aliphatic rings. The van der Waals surface area contributed by atoms with Crippen LogP contribution in [0.25, 0.3) is 11.4 Å². The molecule has 1 aromatic heterocycles. The van der Waals surface area contributed by atoms with Crippen molar-refractivity contribution in [1.29, 1.82) is 0 Å². The van der Waals surface area contributed by atoms with E-state index >= 15 is 0 Å². The number of ether oxygens (including phenoxy) is 2. The summed E-state index contributed by atoms with van der Waals surface area (Å²) in [7, 11) is -3.59. The van der Waals surface area contributed by atoms with Gasteiger partial charge >= 0.3 is 0 Å². The van der Waals surface area contributed by atoms with Crippen molar-refractivity contribution in [2.24, 2.45) is 0 Å². The predicted octanol–water partition coefficient (Wildman–Crippen LogP) is 1.31. The van der Waals surface area contributed by atoms with Crippen LogP contribution in [0, 0.1) is 0 Å². The van der Waals surface area contributed by atoms with Crippen LogP contribution in [-0.2, 0) is 19.6 Å². The maximum Gasteiger partial charge on any atom is 0.261 e. The predicted molar refractivity (Wildman–Crippen MR) is 129 cm³/mol. The molecule has 2 aliphatic heterocycles. The van der Waals surface area contributed by atoms with Gasteiger partial charge in [-0.3, -0.25) is 4.79 Å². The molecule has 3 aromatic rings. The largest absolute Gasteiger partial charge is 0.484 e. The lowest BCUT2D eigenvalue weighted by atomic mass is 10.2. The summed E-state index contributed by atoms with van der Waals surface area (Å²) in [6, 6.07) is 15.1. The van der Waals surface area contributed by atoms with Crippen molar-refractivity contribution in [2.45, 2.75) is 10.9 Å². The van der Waals surface area contributed by atoms with Crippen molar-refractivity contribution in [2.75, 3.05) is 52.5 Å². The number of carbonyl (C=O) groups excluding carboxylic acids is 1. The lowest BCUT2D eigenvalue weighted by Gasteiger charge is -2.33. The highest BCUT2D eigenvalue weighted by atomic mass is 32.2. The first-order valence-electron chi connectivity index (χ1n) is 11.7. The summed E-state index contributed by atoms with van der Waals surface area (Å²) in [5.41, 5.74) is 0.611. The fourth-order valence-electron chi connectivity index (χ4n) is 4.17. The van der Waals surface area contributed by atoms with E-state index in [0.29, 0.717) is 69.0 Å². The van der Waals surface area contributed by atoms with Gasteiger partial charge in [-0.05, 0) is 36.4 Å². The van der Waals surface area contributed by atoms with Crippen LogP contribution in [-0.4, -0.2) is 86.2 Å². The van der Waals surface area contributed by atoms with Gasteiger partial charge in [0.05, 0.1) is 18.1 Å². The zero-order valence-corrected chi connectivity index (χ0v) is 20.4. The number of benzene rings is 2. The van der Waals surface area contributed by atoms with E-state index in [4.69, 9.17) is 14.0 Å². The summed E-state index contributed by atoms with van der Waals surface area (Å²) in [6.45, 7) is 2.93. The third kappa shape index (κ3) is 5.26. The van der Waals surface area contributed by atoms with Crippen LogP contribution >= 0.6 is 0 Å². The smallest absolute Gasteiger partial charge is 0.261 e. The average molecular weight is 514 g/mol. The normalized spacial score (nSPS) is 19.2. The highest BCUT2D eigenvalue weighted by Crippen LogP contribution is 2.26. The fraction of sp³-hybridized carbons (Fsp3) is 0.375. The Bertz CT molecular complexity index is 1280. The number of hydrogen-bond donors (Lipinski definition) is 1. The molecule has 3 heterocycles. The Balaban J connectivity index is 1.28. The molecule has 2 fully saturated rings. The number of nitrogens with one attached hydrogen (secondary N) is 1. The molecule has 0 radical (unpaired) electrons. The van der Waals surface area contributed by atoms with Crippen LogP contribution in [0.4, 0.5) is 0 Å². The van der Waals surface area contributed by atoms with Crippen molar-refractivity contribution in [3.63, 3.8) is 0 Å². The molecule has 1 atom stereocenters. The number of morpholine rings is 1. The molecule has 11 nitrogen and oxygen atoms in total. The first kappa shape index (κ1) is 24.4. The van der Waals surface area contributed by atoms with Crippen LogP contribution in [0.3, 0.4) is 0 Å². The molecule has 2 aromatic carbocycles. The van der Waals surface area contributed by atoms with Crippen molar-refractivity contribution >= 4 is 15.9 Å². The lowest BCUT2D eigenvalue weighted by molar-refractivity contribution is -0.137. The summed E-state index contributed by atoms with van der Waals surface area (Å²) < 4.78 is 43.5. The molecule has 1 amide bonds. The minimum Gasteiger partial charge on any atom is -0.484 e. The monoisotopic (exact) mass is 513 g/mol. The van der Waals surface area contributed by atoms with Crippen molar-refractivity contribution in [3.8, 4) is 17.1 Å². The van der Waals surface area contributed by atoms with Crippen LogP contribution in [0.5, 0.6) is 5.75 Å². The van der Waals surface area contributed by atoms with E-state index in [0.717, 1.165) is 0 Å². The van der Waals surface area contributed by atoms with Gasteiger partial charge < -0.3 is 24.2 Å². The van der Waals surface area contributed by atoms with E-state index in [2.05, 4.69) is 15.5 Å². The second kappa shape index (κ2) is 10.7. The molecule has 0 bridgehead atoms. The molecule has 36 heavy (non-hydrogen) atoms. The summed E-state index contributed by atoms with van der Waals surface area (Å²) >= 11 is 0. The van der Waals surface area contributed by atoms with Gasteiger partial charge in [0.2, 0.25) is 15.8 Å². The third-order valence-corrected chi connectivity index (χ3v) is 8.03. The van der Waals surface area contributed by atoms with E-state index in [-0.39, 0.29) is 17.4 Å². The molecule has 5 rings (SSSR count). The van der Waals surface area contributed by atoms with E-state index in [1.807, 2.05) is 18.2 Å². The van der Waals surface area contributed by atoms with Gasteiger partial charge in [0.15, 0.2) is 6.61 Å². The Morgan fingerprint density at radius 2 is 1.81 bits per heavy atom. The Morgan fingerprint density at radius 1 is 1.06 bits per heavy atom. The minimum absolute atomic E-state index is 0.0966. The molecule has 0 aliphatic carbocycles. The van der Waals surface area contributed by atoms with Gasteiger partial charge in [0, 0.05) is 38.3 Å². The minimum atomic E-state index is -3.59. The van der Waals surface area contributed by atoms with Crippen LogP contribution in [0.1, 0.15) is 11.9 Å². The number of hydrogen-bond acceptors (Lipinski definition) is 9. The lowest BCUT2D eigenvalue weighted by Crippen LogP contribution is -2.50. The van der Waals surface area contributed by atoms with E-state index < -0.39 is 16.1 Å². The summed E-state index contributed by atoms with van der Waals surface area (Å²) in [6.07, 6.45) is 0. The Hall–Kier alpha value is -3.32. The topological polar surface area (TPSA) is 127 Å². The van der Waals surface area contributed by atoms with Gasteiger partial charge in [-0.25, -0.2) is 8.42 Å². The van der Waals surface area contributed by atoms with Crippen molar-refractivity contribution in [3.05, 3.63) is 60.5 Å². The third-order valence-electron chi connectivity index (χ3n) is 6.12. The summed E-state index contributed by atoms with van der Waals surface area (Å²) in [5, 5.41) is 7.32. The van der Waals surface area contributed by atoms with E-state index in [9.17, 15) is 13.2 Å². The average Bonchev–Trinajstić information content (AvgIpc) is 3.43. The number of amides is 1. The number of sulfonamides is 1. The molecule has 0 saturated carbocycles. The number of para-hydroxylation sites is 1. The molecule has 190 valence electrons. The first-order chi connectivity index (χ1) is 17.5. The van der Waals surface area contributed by atoms with Crippen molar-refractivity contribution in [1.82, 2.24) is 24.7 Å². The van der Waals surface area contributed by atoms with Gasteiger partial charge in [-0.2, -0.15) is 9.29 Å². The molecular weight excluding hydrogens is 486 g/mol. The summed E-state index contributed by atoms with van der Waals surface area (Å²) in [4.78, 5) is 19.3. The molecular formula is C24H27N5O6S. The maximum absolute atomic E-state index is 12.9. The number of aromatic nitrogens is 2. The Kier molecular flexibility index (Phi) is 7.28. The zero-order valence-electron chi connectivity index (χ0n) is 19.6. The van der Waals surface area contributed by atoms with E-state index in [1.165, 1.54) is 16.4 Å². The summed E-state index contributed by atoms with van der Waals surface area (Å²) in [5.74, 6) is 1.06. The highest BCUT2D eigenvalue weighted by Gasteiger charge is 2.32. The number of rotatable bonds is 7. The van der Waals surface area contributed by atoms with E-state index in [1.54, 1.807) is 29.2 Å². The second-order valence-electron chi connectivity index (χ2n) is 8.41. The van der Waals surface area contributed by atoms with Crippen molar-refractivity contribution < 1.29 is 27.2 Å². The number of piperazine rings is 1. The van der Waals surface area contributed by atoms with Gasteiger partial charge in [-0.15, -0.1) is 0 Å². The standard InChI is InChI=1S/C24H27N5O6S/c30-22(17-34-19-4-2-1-3-5-19)29-11-10-25-16-21(29)24-26-23(27-35-24)18-6-8-20(9-7-18)36(31,32)28-12-14-33-15-13-28/h1-9,21,25H,10-17H2. The molecule has 1 N–H and O–H groups in total. The van der Waals surface area contributed by atoms with Crippen LogP contribution in [0.15, 0.2) is 64.0 Å². The quantitative estimate of drug-likeness (QED) is 0.497. The van der Waals surface area contributed by atoms with Gasteiger partial charge in [0.25, 0.3) is 11.8 Å². The van der Waals surface area contributed by atoms with Crippen LogP contribution < -0.4 is 10.1 Å². The molecule has 1 unspecified atom stereocenters. The Morgan fingerprint density at radius 3 is 2.56 bits per heavy atom. The van der Waals surface area contributed by atoms with Crippen LogP contribution in [0.2, 0.25) is 0 Å². The molecule has 12 heteroatoms. The molecule has 2 saturated heterocycles. The highest BCUT2D eigenvalue weighted by molar-refractivity contribution is 7.89. The van der Waals surface area contributed by atoms with Gasteiger partial charge in [0.1, 0.15) is 11.8 Å². The number of carbonyl (C=O) groups is 1. The zero-order chi connectivity index (χ0) is 25.0.